The van der Waals surface area contributed by atoms with E-state index in [-0.39, 0.29) is 47.6 Å². The first kappa shape index (κ1) is 18.0. The van der Waals surface area contributed by atoms with Crippen LogP contribution in [0.3, 0.4) is 0 Å². The smallest absolute Gasteiger partial charge is 0.548 e. The van der Waals surface area contributed by atoms with Gasteiger partial charge in [-0.05, 0) is 11.2 Å². The minimum absolute atomic E-state index is 0. The van der Waals surface area contributed by atoms with Crippen LogP contribution in [0.4, 0.5) is 0 Å². The Morgan fingerprint density at radius 3 is 2.78 bits per heavy atom. The molecule has 23 heavy (non-hydrogen) atoms. The van der Waals surface area contributed by atoms with E-state index in [0.29, 0.717) is 0 Å². The fraction of sp³-hybridized carbons (Fsp3) is 0.417. The molecule has 3 rings (SSSR count). The number of aliphatic carboxylic acids is 1. The van der Waals surface area contributed by atoms with Crippen LogP contribution in [-0.4, -0.2) is 54.1 Å². The molecule has 3 heterocycles. The second-order valence-electron chi connectivity index (χ2n) is 4.91. The number of carbonyl (C=O) groups is 2. The van der Waals surface area contributed by atoms with E-state index in [1.807, 2.05) is 0 Å². The van der Waals surface area contributed by atoms with Crippen LogP contribution in [-0.2, 0) is 19.4 Å². The number of fused-ring (bicyclic) bond motifs is 1. The minimum atomic E-state index is -3.82. The molecule has 2 saturated heterocycles. The third-order valence-corrected chi connectivity index (χ3v) is 6.05. The average Bonchev–Trinajstić information content (AvgIpc) is 2.96. The van der Waals surface area contributed by atoms with Crippen molar-refractivity contribution in [2.45, 2.75) is 23.1 Å². The zero-order chi connectivity index (χ0) is 16.1. The van der Waals surface area contributed by atoms with Gasteiger partial charge in [0.25, 0.3) is 5.88 Å². The largest absolute Gasteiger partial charge is 1.00 e. The van der Waals surface area contributed by atoms with Crippen LogP contribution in [0.5, 0.6) is 5.88 Å². The summed E-state index contributed by atoms with van der Waals surface area (Å²) < 4.78 is 34.3. The van der Waals surface area contributed by atoms with Crippen molar-refractivity contribution in [3.63, 3.8) is 0 Å². The molecule has 0 spiro atoms. The normalized spacial score (nSPS) is 28.1. The first-order valence-electron chi connectivity index (χ1n) is 6.30. The van der Waals surface area contributed by atoms with Crippen molar-refractivity contribution in [3.05, 3.63) is 17.9 Å². The summed E-state index contributed by atoms with van der Waals surface area (Å²) in [7, 11) is -2.44. The average molecular weight is 350 g/mol. The number of carbonyl (C=O) groups excluding carboxylic acids is 2. The van der Waals surface area contributed by atoms with Crippen LogP contribution in [0.15, 0.2) is 16.7 Å². The maximum atomic E-state index is 12.3. The molecule has 1 unspecified atom stereocenters. The van der Waals surface area contributed by atoms with Gasteiger partial charge in [-0.1, -0.05) is 6.08 Å². The quantitative estimate of drug-likeness (QED) is 0.390. The Kier molecular flexibility index (Phi) is 4.90. The van der Waals surface area contributed by atoms with E-state index in [1.54, 1.807) is 0 Å². The predicted molar refractivity (Wildman–Crippen MR) is 68.8 cm³/mol. The molecule has 0 aliphatic carbocycles. The molecule has 11 heteroatoms. The summed E-state index contributed by atoms with van der Waals surface area (Å²) in [6.45, 7) is 0. The summed E-state index contributed by atoms with van der Waals surface area (Å²) in [5, 5.41) is 12.3. The molecular formula is C12H11N2NaO7S. The molecule has 1 aromatic heterocycles. The molecular weight excluding hydrogens is 339 g/mol. The van der Waals surface area contributed by atoms with Crippen LogP contribution < -0.4 is 39.4 Å². The maximum Gasteiger partial charge on any atom is 1.00 e. The monoisotopic (exact) mass is 350 g/mol. The summed E-state index contributed by atoms with van der Waals surface area (Å²) in [6.07, 6.45) is 2.25. The summed E-state index contributed by atoms with van der Waals surface area (Å²) in [6, 6.07) is -0.121. The Morgan fingerprint density at radius 1 is 1.57 bits per heavy atom. The third-order valence-electron chi connectivity index (χ3n) is 3.72. The van der Waals surface area contributed by atoms with Crippen molar-refractivity contribution >= 4 is 27.8 Å². The van der Waals surface area contributed by atoms with Gasteiger partial charge in [0.05, 0.1) is 25.5 Å². The van der Waals surface area contributed by atoms with E-state index in [0.717, 1.165) is 4.90 Å². The third kappa shape index (κ3) is 2.80. The van der Waals surface area contributed by atoms with Gasteiger partial charge in [-0.2, -0.15) is 0 Å². The Bertz CT molecular complexity index is 772. The number of nitrogens with zero attached hydrogens (tertiary/aromatic N) is 2. The standard InChI is InChI=1S/C12H12N2O7S.Na/c1-20-8-4-6(21-13-8)2-3-7-11(12(16)17)14-9(15)5-10(14)22(7,18)19;/h2-4,7,10-11H,5H2,1H3,(H,16,17);/q;+1/p-1/b3-2-;/t7-,10?,11+;/m0./s1. The van der Waals surface area contributed by atoms with Crippen LogP contribution >= 0.6 is 0 Å². The topological polar surface area (TPSA) is 130 Å². The molecule has 3 atom stereocenters. The van der Waals surface area contributed by atoms with Crippen molar-refractivity contribution in [1.29, 1.82) is 0 Å². The van der Waals surface area contributed by atoms with Gasteiger partial charge in [0.2, 0.25) is 5.91 Å². The molecule has 0 radical (unpaired) electrons. The van der Waals surface area contributed by atoms with Gasteiger partial charge in [-0.25, -0.2) is 8.42 Å². The number of β-lactam (4-membered cyclic amide) rings is 1. The maximum absolute atomic E-state index is 12.3. The number of carboxylic acids is 1. The zero-order valence-electron chi connectivity index (χ0n) is 12.3. The number of hydrogen-bond acceptors (Lipinski definition) is 8. The SMILES string of the molecule is COc1cc(/C=C\[C@H]2[C@H](C(=O)[O-])N3C(=O)CC3S2(=O)=O)on1.[Na+]. The van der Waals surface area contributed by atoms with Crippen LogP contribution in [0.1, 0.15) is 12.2 Å². The van der Waals surface area contributed by atoms with Crippen molar-refractivity contribution in [1.82, 2.24) is 10.1 Å². The van der Waals surface area contributed by atoms with E-state index in [9.17, 15) is 23.1 Å². The second kappa shape index (κ2) is 6.27. The number of methoxy groups -OCH3 is 1. The van der Waals surface area contributed by atoms with Gasteiger partial charge in [-0.3, -0.25) is 4.79 Å². The molecule has 0 N–H and O–H groups in total. The first-order chi connectivity index (χ1) is 10.4. The van der Waals surface area contributed by atoms with Crippen molar-refractivity contribution < 1.29 is 61.9 Å². The van der Waals surface area contributed by atoms with Gasteiger partial charge >= 0.3 is 29.6 Å². The molecule has 2 aliphatic rings. The van der Waals surface area contributed by atoms with E-state index >= 15 is 0 Å². The fourth-order valence-electron chi connectivity index (χ4n) is 2.63. The zero-order valence-corrected chi connectivity index (χ0v) is 15.1. The van der Waals surface area contributed by atoms with Gasteiger partial charge < -0.3 is 24.1 Å². The number of aromatic nitrogens is 1. The molecule has 0 aromatic carbocycles. The molecule has 0 saturated carbocycles. The Labute approximate surface area is 153 Å². The molecule has 0 bridgehead atoms. The van der Waals surface area contributed by atoms with Crippen LogP contribution in [0.25, 0.3) is 6.08 Å². The molecule has 118 valence electrons. The van der Waals surface area contributed by atoms with Crippen molar-refractivity contribution in [2.75, 3.05) is 7.11 Å². The summed E-state index contributed by atoms with van der Waals surface area (Å²) in [5.74, 6) is -1.72. The van der Waals surface area contributed by atoms with Crippen molar-refractivity contribution in [3.8, 4) is 5.88 Å². The van der Waals surface area contributed by atoms with Crippen molar-refractivity contribution in [2.24, 2.45) is 0 Å². The van der Waals surface area contributed by atoms with E-state index in [2.05, 4.69) is 5.16 Å². The molecule has 9 nitrogen and oxygen atoms in total. The van der Waals surface area contributed by atoms with Gasteiger partial charge in [-0.15, -0.1) is 0 Å². The molecule has 2 fully saturated rings. The Morgan fingerprint density at radius 2 is 2.26 bits per heavy atom. The number of hydrogen-bond donors (Lipinski definition) is 0. The minimum Gasteiger partial charge on any atom is -0.548 e. The van der Waals surface area contributed by atoms with Gasteiger partial charge in [0.15, 0.2) is 15.6 Å². The molecule has 2 aliphatic heterocycles. The van der Waals surface area contributed by atoms with E-state index < -0.39 is 38.4 Å². The fourth-order valence-corrected chi connectivity index (χ4v) is 4.83. The van der Waals surface area contributed by atoms with Gasteiger partial charge in [0, 0.05) is 6.07 Å². The van der Waals surface area contributed by atoms with E-state index in [4.69, 9.17) is 9.26 Å². The Hall–Kier alpha value is -1.36. The summed E-state index contributed by atoms with van der Waals surface area (Å²) in [4.78, 5) is 23.6. The summed E-state index contributed by atoms with van der Waals surface area (Å²) >= 11 is 0. The van der Waals surface area contributed by atoms with E-state index in [1.165, 1.54) is 25.3 Å². The number of rotatable bonds is 4. The first-order valence-corrected chi connectivity index (χ1v) is 7.91. The van der Waals surface area contributed by atoms with Crippen LogP contribution in [0.2, 0.25) is 0 Å². The number of carboxylic acid groups (broad SMARTS) is 1. The number of ether oxygens (including phenoxy) is 1. The summed E-state index contributed by atoms with van der Waals surface area (Å²) in [5.41, 5.74) is 0. The predicted octanol–water partition coefficient (Wildman–Crippen LogP) is -4.83. The second-order valence-corrected chi connectivity index (χ2v) is 7.17. The van der Waals surface area contributed by atoms with Crippen LogP contribution in [0, 0.1) is 0 Å². The number of amides is 1. The molecule has 1 amide bonds. The number of sulfone groups is 1. The molecule has 1 aromatic rings. The Balaban J connectivity index is 0.00000192. The van der Waals surface area contributed by atoms with Gasteiger partial charge in [0.1, 0.15) is 10.6 Å².